The SMILES string of the molecule is c1ccc(-c2ccc(N(c3cccc(-c4ccccc4-c4ccccc4)c3)c3ccc4c(c3)C3(c5ccccc5-4)c4ccccc4N(c4ccccc4)c4ccccc43)cc2)cc1. The summed E-state index contributed by atoms with van der Waals surface area (Å²) in [5.41, 5.74) is 21.1. The molecule has 1 aliphatic heterocycles. The van der Waals surface area contributed by atoms with E-state index in [1.54, 1.807) is 0 Å². The van der Waals surface area contributed by atoms with Gasteiger partial charge in [-0.15, -0.1) is 0 Å². The first-order valence-electron chi connectivity index (χ1n) is 21.8. The molecule has 0 aromatic heterocycles. The van der Waals surface area contributed by atoms with Crippen molar-refractivity contribution in [1.29, 1.82) is 0 Å². The van der Waals surface area contributed by atoms with Crippen LogP contribution < -0.4 is 9.80 Å². The van der Waals surface area contributed by atoms with E-state index in [2.05, 4.69) is 265 Å². The molecule has 296 valence electrons. The van der Waals surface area contributed by atoms with Crippen LogP contribution in [0.1, 0.15) is 22.3 Å². The van der Waals surface area contributed by atoms with Crippen molar-refractivity contribution in [2.75, 3.05) is 9.80 Å². The van der Waals surface area contributed by atoms with E-state index in [1.165, 1.54) is 78.1 Å². The molecule has 2 heteroatoms. The number of hydrogen-bond acceptors (Lipinski definition) is 2. The van der Waals surface area contributed by atoms with Crippen molar-refractivity contribution < 1.29 is 0 Å². The number of hydrogen-bond donors (Lipinski definition) is 0. The maximum atomic E-state index is 2.48. The minimum atomic E-state index is -0.570. The molecule has 0 radical (unpaired) electrons. The van der Waals surface area contributed by atoms with E-state index in [0.29, 0.717) is 0 Å². The van der Waals surface area contributed by atoms with Gasteiger partial charge in [0.05, 0.1) is 16.8 Å². The van der Waals surface area contributed by atoms with Crippen LogP contribution in [0.2, 0.25) is 0 Å². The van der Waals surface area contributed by atoms with Crippen molar-refractivity contribution in [1.82, 2.24) is 0 Å². The van der Waals surface area contributed by atoms with E-state index in [9.17, 15) is 0 Å². The van der Waals surface area contributed by atoms with E-state index >= 15 is 0 Å². The van der Waals surface area contributed by atoms with Crippen LogP contribution in [0.25, 0.3) is 44.5 Å². The van der Waals surface area contributed by atoms with Crippen LogP contribution in [0.4, 0.5) is 34.1 Å². The van der Waals surface area contributed by atoms with Gasteiger partial charge in [-0.25, -0.2) is 0 Å². The summed E-state index contributed by atoms with van der Waals surface area (Å²) in [5.74, 6) is 0. The molecular formula is C61H42N2. The first-order chi connectivity index (χ1) is 31.3. The summed E-state index contributed by atoms with van der Waals surface area (Å²) in [4.78, 5) is 4.89. The highest BCUT2D eigenvalue weighted by Gasteiger charge is 2.51. The summed E-state index contributed by atoms with van der Waals surface area (Å²) in [6.45, 7) is 0. The number of fused-ring (bicyclic) bond motifs is 9. The largest absolute Gasteiger partial charge is 0.310 e. The van der Waals surface area contributed by atoms with Crippen LogP contribution in [0.3, 0.4) is 0 Å². The molecule has 0 bridgehead atoms. The van der Waals surface area contributed by atoms with E-state index in [0.717, 1.165) is 22.7 Å². The summed E-state index contributed by atoms with van der Waals surface area (Å²) in [5, 5.41) is 0. The topological polar surface area (TPSA) is 6.48 Å². The van der Waals surface area contributed by atoms with Gasteiger partial charge >= 0.3 is 0 Å². The van der Waals surface area contributed by atoms with Crippen molar-refractivity contribution in [2.24, 2.45) is 0 Å². The summed E-state index contributed by atoms with van der Waals surface area (Å²) in [7, 11) is 0. The molecule has 63 heavy (non-hydrogen) atoms. The van der Waals surface area contributed by atoms with Crippen LogP contribution in [0.15, 0.2) is 255 Å². The fraction of sp³-hybridized carbons (Fsp3) is 0.0164. The summed E-state index contributed by atoms with van der Waals surface area (Å²) >= 11 is 0. The van der Waals surface area contributed by atoms with Gasteiger partial charge in [0.25, 0.3) is 0 Å². The quantitative estimate of drug-likeness (QED) is 0.158. The molecule has 1 heterocycles. The zero-order valence-electron chi connectivity index (χ0n) is 34.6. The van der Waals surface area contributed by atoms with Crippen molar-refractivity contribution >= 4 is 34.1 Å². The minimum absolute atomic E-state index is 0.570. The zero-order chi connectivity index (χ0) is 41.7. The first kappa shape index (κ1) is 36.6. The standard InChI is InChI=1S/C61H42N2/c1-4-19-43(20-5-1)44-35-37-48(38-36-44)62(49-26-18-23-46(41-49)52-28-11-10-27-51(52)45-21-6-2-7-22-45)50-39-40-54-53-29-12-13-30-55(53)61(58(54)42-50)56-31-14-16-33-59(56)63(47-24-8-3-9-25-47)60-34-17-15-32-57(60)61/h1-42H. The maximum Gasteiger partial charge on any atom is 0.0755 e. The number of benzene rings is 10. The zero-order valence-corrected chi connectivity index (χ0v) is 34.6. The molecule has 1 spiro atoms. The Morgan fingerprint density at radius 1 is 0.270 bits per heavy atom. The Labute approximate surface area is 369 Å². The van der Waals surface area contributed by atoms with Gasteiger partial charge in [-0.3, -0.25) is 0 Å². The van der Waals surface area contributed by atoms with Crippen LogP contribution in [0, 0.1) is 0 Å². The molecule has 0 unspecified atom stereocenters. The lowest BCUT2D eigenvalue weighted by Crippen LogP contribution is -2.36. The predicted molar refractivity (Wildman–Crippen MR) is 263 cm³/mol. The Morgan fingerprint density at radius 2 is 0.730 bits per heavy atom. The highest BCUT2D eigenvalue weighted by molar-refractivity contribution is 5.97. The summed E-state index contributed by atoms with van der Waals surface area (Å²) in [6, 6.07) is 93.3. The van der Waals surface area contributed by atoms with Crippen molar-refractivity contribution in [3.63, 3.8) is 0 Å². The smallest absolute Gasteiger partial charge is 0.0755 e. The van der Waals surface area contributed by atoms with Gasteiger partial charge in [0, 0.05) is 22.7 Å². The van der Waals surface area contributed by atoms with Gasteiger partial charge in [0.15, 0.2) is 0 Å². The molecule has 2 aliphatic rings. The fourth-order valence-corrected chi connectivity index (χ4v) is 10.4. The van der Waals surface area contributed by atoms with Gasteiger partial charge < -0.3 is 9.80 Å². The molecule has 10 aromatic carbocycles. The fourth-order valence-electron chi connectivity index (χ4n) is 10.4. The molecule has 0 fully saturated rings. The average Bonchev–Trinajstić information content (AvgIpc) is 3.65. The molecule has 0 amide bonds. The van der Waals surface area contributed by atoms with Gasteiger partial charge in [-0.2, -0.15) is 0 Å². The van der Waals surface area contributed by atoms with Crippen LogP contribution in [-0.2, 0) is 5.41 Å². The van der Waals surface area contributed by atoms with E-state index in [1.807, 2.05) is 0 Å². The minimum Gasteiger partial charge on any atom is -0.310 e. The Hall–Kier alpha value is -8.20. The van der Waals surface area contributed by atoms with Gasteiger partial charge in [0.2, 0.25) is 0 Å². The predicted octanol–water partition coefficient (Wildman–Crippen LogP) is 16.3. The lowest BCUT2D eigenvalue weighted by molar-refractivity contribution is 0.752. The lowest BCUT2D eigenvalue weighted by Gasteiger charge is -2.45. The highest BCUT2D eigenvalue weighted by Crippen LogP contribution is 2.64. The Bertz CT molecular complexity index is 3230. The number of nitrogens with zero attached hydrogens (tertiary/aromatic N) is 2. The van der Waals surface area contributed by atoms with Gasteiger partial charge in [-0.05, 0) is 127 Å². The van der Waals surface area contributed by atoms with Crippen molar-refractivity contribution in [3.05, 3.63) is 277 Å². The molecule has 10 aromatic rings. The summed E-state index contributed by atoms with van der Waals surface area (Å²) in [6.07, 6.45) is 0. The molecule has 12 rings (SSSR count). The van der Waals surface area contributed by atoms with Crippen molar-refractivity contribution in [3.8, 4) is 44.5 Å². The monoisotopic (exact) mass is 802 g/mol. The van der Waals surface area contributed by atoms with Crippen LogP contribution >= 0.6 is 0 Å². The first-order valence-corrected chi connectivity index (χ1v) is 21.8. The molecule has 2 nitrogen and oxygen atoms in total. The molecular weight excluding hydrogens is 761 g/mol. The third kappa shape index (κ3) is 5.87. The molecule has 0 N–H and O–H groups in total. The van der Waals surface area contributed by atoms with E-state index in [4.69, 9.17) is 0 Å². The Kier molecular flexibility index (Phi) is 8.76. The third-order valence-corrected chi connectivity index (χ3v) is 13.1. The molecule has 0 atom stereocenters. The van der Waals surface area contributed by atoms with Crippen LogP contribution in [0.5, 0.6) is 0 Å². The second-order valence-corrected chi connectivity index (χ2v) is 16.4. The average molecular weight is 803 g/mol. The molecule has 1 aliphatic carbocycles. The number of rotatable bonds is 7. The van der Waals surface area contributed by atoms with Gasteiger partial charge in [0.1, 0.15) is 0 Å². The lowest BCUT2D eigenvalue weighted by atomic mass is 9.64. The van der Waals surface area contributed by atoms with E-state index in [-0.39, 0.29) is 0 Å². The highest BCUT2D eigenvalue weighted by atomic mass is 15.2. The molecule has 0 saturated heterocycles. The molecule has 0 saturated carbocycles. The third-order valence-electron chi connectivity index (χ3n) is 13.1. The van der Waals surface area contributed by atoms with Crippen LogP contribution in [-0.4, -0.2) is 0 Å². The normalized spacial score (nSPS) is 12.9. The number of para-hydroxylation sites is 3. The van der Waals surface area contributed by atoms with Gasteiger partial charge in [-0.1, -0.05) is 194 Å². The second-order valence-electron chi connectivity index (χ2n) is 16.4. The summed E-state index contributed by atoms with van der Waals surface area (Å²) < 4.78 is 0. The van der Waals surface area contributed by atoms with Crippen molar-refractivity contribution in [2.45, 2.75) is 5.41 Å². The van der Waals surface area contributed by atoms with E-state index < -0.39 is 5.41 Å². The Morgan fingerprint density at radius 3 is 1.40 bits per heavy atom. The number of anilines is 6. The maximum absolute atomic E-state index is 2.48. The second kappa shape index (κ2) is 15.1. The Balaban J connectivity index is 1.09.